The van der Waals surface area contributed by atoms with E-state index >= 15 is 0 Å². The Kier molecular flexibility index (Phi) is 6.41. The van der Waals surface area contributed by atoms with Gasteiger partial charge in [-0.1, -0.05) is 29.8 Å². The first-order valence-corrected chi connectivity index (χ1v) is 9.44. The van der Waals surface area contributed by atoms with Crippen LogP contribution < -0.4 is 10.6 Å². The minimum Gasteiger partial charge on any atom is -0.452 e. The van der Waals surface area contributed by atoms with Crippen molar-refractivity contribution in [2.24, 2.45) is 0 Å². The van der Waals surface area contributed by atoms with Crippen molar-refractivity contribution in [3.63, 3.8) is 0 Å². The Morgan fingerprint density at radius 1 is 0.929 bits per heavy atom. The number of hydrogen-bond donors (Lipinski definition) is 2. The highest BCUT2D eigenvalue weighted by Crippen LogP contribution is 2.16. The molecular formula is C20H15ClN2O4S. The maximum atomic E-state index is 12.2. The highest BCUT2D eigenvalue weighted by atomic mass is 35.5. The number of halogens is 1. The Morgan fingerprint density at radius 3 is 2.39 bits per heavy atom. The fourth-order valence-electron chi connectivity index (χ4n) is 2.30. The van der Waals surface area contributed by atoms with E-state index in [9.17, 15) is 14.4 Å². The van der Waals surface area contributed by atoms with Gasteiger partial charge in [0.1, 0.15) is 0 Å². The van der Waals surface area contributed by atoms with Gasteiger partial charge >= 0.3 is 5.97 Å². The monoisotopic (exact) mass is 414 g/mol. The molecule has 3 rings (SSSR count). The molecule has 0 aliphatic heterocycles. The zero-order valence-electron chi connectivity index (χ0n) is 14.5. The number of ether oxygens (including phenoxy) is 1. The van der Waals surface area contributed by atoms with Gasteiger partial charge < -0.3 is 15.4 Å². The quantitative estimate of drug-likeness (QED) is 0.583. The van der Waals surface area contributed by atoms with Crippen LogP contribution in [-0.4, -0.2) is 24.4 Å². The van der Waals surface area contributed by atoms with Crippen molar-refractivity contribution in [3.8, 4) is 0 Å². The molecule has 0 atom stereocenters. The van der Waals surface area contributed by atoms with Crippen LogP contribution in [0, 0.1) is 0 Å². The molecule has 2 N–H and O–H groups in total. The van der Waals surface area contributed by atoms with Crippen molar-refractivity contribution in [1.82, 2.24) is 0 Å². The van der Waals surface area contributed by atoms with Gasteiger partial charge in [-0.25, -0.2) is 4.79 Å². The number of esters is 1. The van der Waals surface area contributed by atoms with E-state index in [2.05, 4.69) is 10.6 Å². The molecule has 28 heavy (non-hydrogen) atoms. The lowest BCUT2D eigenvalue weighted by Crippen LogP contribution is -2.21. The normalized spacial score (nSPS) is 10.2. The van der Waals surface area contributed by atoms with E-state index in [1.54, 1.807) is 53.9 Å². The molecular weight excluding hydrogens is 400 g/mol. The second-order valence-electron chi connectivity index (χ2n) is 5.65. The van der Waals surface area contributed by atoms with Crippen molar-refractivity contribution in [3.05, 3.63) is 81.5 Å². The minimum absolute atomic E-state index is 0.222. The Bertz CT molecular complexity index is 1000. The average Bonchev–Trinajstić information content (AvgIpc) is 3.21. The summed E-state index contributed by atoms with van der Waals surface area (Å²) >= 11 is 7.17. The van der Waals surface area contributed by atoms with E-state index in [-0.39, 0.29) is 11.5 Å². The number of carbonyl (C=O) groups excluding carboxylic acids is 3. The molecule has 1 heterocycles. The van der Waals surface area contributed by atoms with E-state index in [1.165, 1.54) is 23.5 Å². The molecule has 0 saturated heterocycles. The van der Waals surface area contributed by atoms with Crippen LogP contribution in [0.5, 0.6) is 0 Å². The third-order valence-corrected chi connectivity index (χ3v) is 4.65. The Hall–Kier alpha value is -3.16. The van der Waals surface area contributed by atoms with Crippen LogP contribution in [0.2, 0.25) is 5.02 Å². The molecule has 0 saturated carbocycles. The van der Waals surface area contributed by atoms with Gasteiger partial charge in [0, 0.05) is 16.4 Å². The maximum absolute atomic E-state index is 12.2. The van der Waals surface area contributed by atoms with Crippen LogP contribution in [0.4, 0.5) is 11.4 Å². The van der Waals surface area contributed by atoms with Crippen LogP contribution in [0.15, 0.2) is 66.0 Å². The summed E-state index contributed by atoms with van der Waals surface area (Å²) in [5.41, 5.74) is 1.18. The number of nitrogens with one attached hydrogen (secondary N) is 2. The van der Waals surface area contributed by atoms with Crippen molar-refractivity contribution in [2.45, 2.75) is 0 Å². The molecule has 2 amide bonds. The minimum atomic E-state index is -0.673. The molecule has 1 aromatic heterocycles. The third-order valence-electron chi connectivity index (χ3n) is 3.54. The average molecular weight is 415 g/mol. The third kappa shape index (κ3) is 5.42. The summed E-state index contributed by atoms with van der Waals surface area (Å²) in [6.45, 7) is -0.447. The molecule has 2 aromatic carbocycles. The summed E-state index contributed by atoms with van der Waals surface area (Å²) in [5.74, 6) is -1.42. The van der Waals surface area contributed by atoms with Crippen LogP contribution in [0.25, 0.3) is 0 Å². The molecule has 0 spiro atoms. The van der Waals surface area contributed by atoms with E-state index in [1.807, 2.05) is 0 Å². The van der Waals surface area contributed by atoms with Crippen molar-refractivity contribution in [1.29, 1.82) is 0 Å². The largest absolute Gasteiger partial charge is 0.452 e. The van der Waals surface area contributed by atoms with Gasteiger partial charge in [-0.15, -0.1) is 11.3 Å². The van der Waals surface area contributed by atoms with Crippen LogP contribution in [0.3, 0.4) is 0 Å². The smallest absolute Gasteiger partial charge is 0.338 e. The molecule has 6 nitrogen and oxygen atoms in total. The summed E-state index contributed by atoms with van der Waals surface area (Å²) in [6, 6.07) is 16.4. The molecule has 0 fully saturated rings. The van der Waals surface area contributed by atoms with Gasteiger partial charge in [0.2, 0.25) is 0 Å². The Balaban J connectivity index is 1.55. The van der Waals surface area contributed by atoms with Crippen molar-refractivity contribution in [2.75, 3.05) is 17.2 Å². The number of thiophene rings is 1. The lowest BCUT2D eigenvalue weighted by molar-refractivity contribution is -0.119. The van der Waals surface area contributed by atoms with Gasteiger partial charge in [-0.2, -0.15) is 0 Å². The second-order valence-corrected chi connectivity index (χ2v) is 7.03. The van der Waals surface area contributed by atoms with Gasteiger partial charge in [0.15, 0.2) is 6.61 Å². The number of anilines is 2. The lowest BCUT2D eigenvalue weighted by atomic mass is 10.2. The van der Waals surface area contributed by atoms with Gasteiger partial charge in [-0.3, -0.25) is 9.59 Å². The van der Waals surface area contributed by atoms with Crippen LogP contribution in [0.1, 0.15) is 20.0 Å². The lowest BCUT2D eigenvalue weighted by Gasteiger charge is -2.08. The summed E-state index contributed by atoms with van der Waals surface area (Å²) in [4.78, 5) is 36.8. The summed E-state index contributed by atoms with van der Waals surface area (Å²) in [5, 5.41) is 7.59. The molecule has 0 bridgehead atoms. The number of rotatable bonds is 6. The summed E-state index contributed by atoms with van der Waals surface area (Å²) < 4.78 is 5.03. The second kappa shape index (κ2) is 9.16. The predicted octanol–water partition coefficient (Wildman–Crippen LogP) is 4.45. The number of hydrogen-bond acceptors (Lipinski definition) is 5. The van der Waals surface area contributed by atoms with Crippen LogP contribution in [-0.2, 0) is 9.53 Å². The first-order valence-electron chi connectivity index (χ1n) is 8.19. The van der Waals surface area contributed by atoms with E-state index in [0.29, 0.717) is 21.3 Å². The van der Waals surface area contributed by atoms with E-state index < -0.39 is 18.5 Å². The van der Waals surface area contributed by atoms with Crippen LogP contribution >= 0.6 is 22.9 Å². The Labute approximate surface area is 170 Å². The molecule has 0 aliphatic carbocycles. The summed E-state index contributed by atoms with van der Waals surface area (Å²) in [6.07, 6.45) is 0. The number of benzene rings is 2. The number of amides is 2. The predicted molar refractivity (Wildman–Crippen MR) is 109 cm³/mol. The number of carbonyl (C=O) groups is 3. The molecule has 0 aliphatic rings. The Morgan fingerprint density at radius 2 is 1.68 bits per heavy atom. The highest BCUT2D eigenvalue weighted by molar-refractivity contribution is 7.12. The zero-order valence-corrected chi connectivity index (χ0v) is 16.0. The molecule has 3 aromatic rings. The first-order chi connectivity index (χ1) is 13.5. The fourth-order valence-corrected chi connectivity index (χ4v) is 3.11. The highest BCUT2D eigenvalue weighted by Gasteiger charge is 2.13. The SMILES string of the molecule is O=C(COC(=O)c1cccc(NC(=O)c2cccs2)c1)Nc1cccc(Cl)c1. The van der Waals surface area contributed by atoms with E-state index in [0.717, 1.165) is 0 Å². The molecule has 8 heteroatoms. The first kappa shape index (κ1) is 19.6. The fraction of sp³-hybridized carbons (Fsp3) is 0.0500. The molecule has 0 unspecified atom stereocenters. The molecule has 0 radical (unpaired) electrons. The van der Waals surface area contributed by atoms with E-state index in [4.69, 9.17) is 16.3 Å². The van der Waals surface area contributed by atoms with Crippen molar-refractivity contribution < 1.29 is 19.1 Å². The maximum Gasteiger partial charge on any atom is 0.338 e. The summed E-state index contributed by atoms with van der Waals surface area (Å²) in [7, 11) is 0. The van der Waals surface area contributed by atoms with Gasteiger partial charge in [-0.05, 0) is 47.8 Å². The van der Waals surface area contributed by atoms with Gasteiger partial charge in [0.25, 0.3) is 11.8 Å². The zero-order chi connectivity index (χ0) is 19.9. The van der Waals surface area contributed by atoms with Gasteiger partial charge in [0.05, 0.1) is 10.4 Å². The standard InChI is InChI=1S/C20H15ClN2O4S/c21-14-5-2-7-16(11-14)22-18(24)12-27-20(26)13-4-1-6-15(10-13)23-19(25)17-8-3-9-28-17/h1-11H,12H2,(H,22,24)(H,23,25). The van der Waals surface area contributed by atoms with Crippen molar-refractivity contribution >= 4 is 52.1 Å². The molecule has 142 valence electrons. The topological polar surface area (TPSA) is 84.5 Å².